The van der Waals surface area contributed by atoms with Gasteiger partial charge >= 0.3 is 0 Å². The molecule has 0 aliphatic carbocycles. The van der Waals surface area contributed by atoms with Gasteiger partial charge in [-0.15, -0.1) is 0 Å². The molecular formula is C15H24N4O2. The molecule has 0 unspecified atom stereocenters. The van der Waals surface area contributed by atoms with Gasteiger partial charge in [-0.3, -0.25) is 15.0 Å². The van der Waals surface area contributed by atoms with Crippen molar-refractivity contribution in [3.8, 4) is 0 Å². The molecule has 0 aromatic heterocycles. The highest BCUT2D eigenvalue weighted by molar-refractivity contribution is 5.59. The topological polar surface area (TPSA) is 75.6 Å². The molecule has 21 heavy (non-hydrogen) atoms. The van der Waals surface area contributed by atoms with Gasteiger partial charge in [-0.2, -0.15) is 0 Å². The molecular weight excluding hydrogens is 268 g/mol. The van der Waals surface area contributed by atoms with E-state index in [4.69, 9.17) is 5.73 Å². The summed E-state index contributed by atoms with van der Waals surface area (Å²) in [7, 11) is 2.11. The Balaban J connectivity index is 1.95. The first-order valence-corrected chi connectivity index (χ1v) is 7.46. The second-order valence-electron chi connectivity index (χ2n) is 5.73. The molecule has 6 heteroatoms. The van der Waals surface area contributed by atoms with Crippen LogP contribution in [-0.4, -0.2) is 47.4 Å². The van der Waals surface area contributed by atoms with Crippen molar-refractivity contribution >= 4 is 11.4 Å². The van der Waals surface area contributed by atoms with Crippen molar-refractivity contribution in [1.29, 1.82) is 0 Å². The van der Waals surface area contributed by atoms with Crippen molar-refractivity contribution in [2.45, 2.75) is 32.4 Å². The number of benzene rings is 1. The molecule has 6 nitrogen and oxygen atoms in total. The van der Waals surface area contributed by atoms with Crippen molar-refractivity contribution in [3.63, 3.8) is 0 Å². The molecule has 2 N–H and O–H groups in total. The first kappa shape index (κ1) is 15.7. The van der Waals surface area contributed by atoms with Crippen molar-refractivity contribution in [3.05, 3.63) is 33.9 Å². The number of nitro groups is 1. The molecule has 0 saturated carbocycles. The number of nitrogen functional groups attached to an aromatic ring is 1. The van der Waals surface area contributed by atoms with Crippen LogP contribution in [0, 0.1) is 10.1 Å². The van der Waals surface area contributed by atoms with Crippen LogP contribution in [0.5, 0.6) is 0 Å². The lowest BCUT2D eigenvalue weighted by atomic mass is 10.0. The van der Waals surface area contributed by atoms with E-state index in [2.05, 4.69) is 23.8 Å². The monoisotopic (exact) mass is 292 g/mol. The van der Waals surface area contributed by atoms with Crippen molar-refractivity contribution in [2.75, 3.05) is 32.4 Å². The highest BCUT2D eigenvalue weighted by Gasteiger charge is 2.22. The van der Waals surface area contributed by atoms with Crippen LogP contribution in [0.3, 0.4) is 0 Å². The smallest absolute Gasteiger partial charge is 0.292 e. The van der Waals surface area contributed by atoms with Gasteiger partial charge in [-0.1, -0.05) is 13.0 Å². The quantitative estimate of drug-likeness (QED) is 0.511. The number of nitrogens with two attached hydrogens (primary N) is 1. The number of nitro benzene ring substituents is 1. The van der Waals surface area contributed by atoms with E-state index in [-0.39, 0.29) is 11.4 Å². The third kappa shape index (κ3) is 3.92. The van der Waals surface area contributed by atoms with Crippen LogP contribution in [0.25, 0.3) is 0 Å². The Labute approximate surface area is 125 Å². The molecule has 0 radical (unpaired) electrons. The van der Waals surface area contributed by atoms with E-state index in [0.717, 1.165) is 31.7 Å². The van der Waals surface area contributed by atoms with E-state index in [1.165, 1.54) is 18.9 Å². The number of anilines is 1. The molecule has 1 aromatic rings. The number of nitrogens with zero attached hydrogens (tertiary/aromatic N) is 3. The van der Waals surface area contributed by atoms with Crippen LogP contribution in [0.2, 0.25) is 0 Å². The maximum Gasteiger partial charge on any atom is 0.292 e. The summed E-state index contributed by atoms with van der Waals surface area (Å²) in [6.07, 6.45) is 2.35. The molecule has 1 aliphatic rings. The van der Waals surface area contributed by atoms with Gasteiger partial charge in [0.2, 0.25) is 0 Å². The first-order chi connectivity index (χ1) is 10.0. The molecule has 1 aromatic carbocycles. The van der Waals surface area contributed by atoms with E-state index in [1.54, 1.807) is 12.1 Å². The van der Waals surface area contributed by atoms with Gasteiger partial charge in [0.1, 0.15) is 5.69 Å². The lowest BCUT2D eigenvalue weighted by Gasteiger charge is -2.36. The zero-order valence-corrected chi connectivity index (χ0v) is 12.8. The molecule has 0 atom stereocenters. The molecule has 0 amide bonds. The molecule has 0 spiro atoms. The van der Waals surface area contributed by atoms with Gasteiger partial charge in [0.15, 0.2) is 0 Å². The van der Waals surface area contributed by atoms with Gasteiger partial charge in [0.05, 0.1) is 4.92 Å². The minimum Gasteiger partial charge on any atom is -0.393 e. The predicted molar refractivity (Wildman–Crippen MR) is 84.1 cm³/mol. The first-order valence-electron chi connectivity index (χ1n) is 7.46. The second-order valence-corrected chi connectivity index (χ2v) is 5.73. The largest absolute Gasteiger partial charge is 0.393 e. The third-order valence-corrected chi connectivity index (χ3v) is 4.35. The van der Waals surface area contributed by atoms with E-state index < -0.39 is 4.92 Å². The molecule has 0 bridgehead atoms. The van der Waals surface area contributed by atoms with Crippen LogP contribution in [0.4, 0.5) is 11.4 Å². The van der Waals surface area contributed by atoms with Gasteiger partial charge in [-0.25, -0.2) is 0 Å². The fraction of sp³-hybridized carbons (Fsp3) is 0.600. The van der Waals surface area contributed by atoms with Crippen LogP contribution in [0.1, 0.15) is 25.3 Å². The Bertz CT molecular complexity index is 498. The number of rotatable bonds is 5. The fourth-order valence-corrected chi connectivity index (χ4v) is 2.96. The second kappa shape index (κ2) is 6.87. The van der Waals surface area contributed by atoms with E-state index in [1.807, 2.05) is 0 Å². The van der Waals surface area contributed by atoms with Gasteiger partial charge < -0.3 is 10.6 Å². The summed E-state index contributed by atoms with van der Waals surface area (Å²) < 4.78 is 0. The summed E-state index contributed by atoms with van der Waals surface area (Å²) in [5.41, 5.74) is 7.00. The summed E-state index contributed by atoms with van der Waals surface area (Å²) in [6.45, 7) is 6.39. The predicted octanol–water partition coefficient (Wildman–Crippen LogP) is 2.09. The Morgan fingerprint density at radius 3 is 2.62 bits per heavy atom. The average molecular weight is 292 g/mol. The normalized spacial score (nSPS) is 17.3. The summed E-state index contributed by atoms with van der Waals surface area (Å²) in [5.74, 6) is 0. The Kier molecular flexibility index (Phi) is 5.14. The summed E-state index contributed by atoms with van der Waals surface area (Å²) in [4.78, 5) is 15.1. The van der Waals surface area contributed by atoms with E-state index >= 15 is 0 Å². The summed E-state index contributed by atoms with van der Waals surface area (Å²) in [5, 5.41) is 10.8. The lowest BCUT2D eigenvalue weighted by Crippen LogP contribution is -2.42. The van der Waals surface area contributed by atoms with Crippen LogP contribution >= 0.6 is 0 Å². The van der Waals surface area contributed by atoms with Crippen LogP contribution in [-0.2, 0) is 6.54 Å². The average Bonchev–Trinajstić information content (AvgIpc) is 2.47. The highest BCUT2D eigenvalue weighted by Crippen LogP contribution is 2.24. The maximum absolute atomic E-state index is 10.8. The molecule has 2 rings (SSSR count). The highest BCUT2D eigenvalue weighted by atomic mass is 16.6. The minimum atomic E-state index is -0.441. The Morgan fingerprint density at radius 2 is 2.10 bits per heavy atom. The zero-order valence-electron chi connectivity index (χ0n) is 12.8. The summed E-state index contributed by atoms with van der Waals surface area (Å²) >= 11 is 0. The molecule has 1 heterocycles. The number of likely N-dealkylation sites (tertiary alicyclic amines) is 1. The van der Waals surface area contributed by atoms with E-state index in [9.17, 15) is 10.1 Å². The van der Waals surface area contributed by atoms with Crippen molar-refractivity contribution in [1.82, 2.24) is 9.80 Å². The SMILES string of the molecule is CCN1CCC(N(C)Cc2ccc([N+](=O)[O-])c(N)c2)CC1. The lowest BCUT2D eigenvalue weighted by molar-refractivity contribution is -0.383. The van der Waals surface area contributed by atoms with Crippen LogP contribution < -0.4 is 5.73 Å². The van der Waals surface area contributed by atoms with Gasteiger partial charge in [0, 0.05) is 18.7 Å². The minimum absolute atomic E-state index is 0.0161. The zero-order chi connectivity index (χ0) is 15.4. The number of hydrogen-bond donors (Lipinski definition) is 1. The summed E-state index contributed by atoms with van der Waals surface area (Å²) in [6, 6.07) is 5.59. The fourth-order valence-electron chi connectivity index (χ4n) is 2.96. The molecule has 1 saturated heterocycles. The standard InChI is InChI=1S/C15H24N4O2/c1-3-18-8-6-13(7-9-18)17(2)11-12-4-5-15(19(20)21)14(16)10-12/h4-5,10,13H,3,6-9,11,16H2,1-2H3. The number of hydrogen-bond acceptors (Lipinski definition) is 5. The molecule has 116 valence electrons. The van der Waals surface area contributed by atoms with Gasteiger partial charge in [0.25, 0.3) is 5.69 Å². The van der Waals surface area contributed by atoms with Crippen molar-refractivity contribution < 1.29 is 4.92 Å². The van der Waals surface area contributed by atoms with Crippen LogP contribution in [0.15, 0.2) is 18.2 Å². The Hall–Kier alpha value is -1.66. The molecule has 1 aliphatic heterocycles. The number of piperidine rings is 1. The van der Waals surface area contributed by atoms with E-state index in [0.29, 0.717) is 6.04 Å². The maximum atomic E-state index is 10.8. The Morgan fingerprint density at radius 1 is 1.43 bits per heavy atom. The van der Waals surface area contributed by atoms with Gasteiger partial charge in [-0.05, 0) is 51.2 Å². The van der Waals surface area contributed by atoms with Crippen molar-refractivity contribution in [2.24, 2.45) is 0 Å². The third-order valence-electron chi connectivity index (χ3n) is 4.35. The molecule has 1 fully saturated rings.